The van der Waals surface area contributed by atoms with Crippen molar-refractivity contribution in [3.05, 3.63) is 65.3 Å². The van der Waals surface area contributed by atoms with Crippen molar-refractivity contribution in [1.29, 1.82) is 0 Å². The highest BCUT2D eigenvalue weighted by Gasteiger charge is 2.25. The molecule has 0 fully saturated rings. The number of benzene rings is 2. The van der Waals surface area contributed by atoms with Crippen molar-refractivity contribution in [2.45, 2.75) is 18.4 Å². The van der Waals surface area contributed by atoms with Crippen molar-refractivity contribution < 1.29 is 8.42 Å². The zero-order valence-corrected chi connectivity index (χ0v) is 16.0. The average molecular weight is 383 g/mol. The van der Waals surface area contributed by atoms with Crippen LogP contribution in [0.2, 0.25) is 0 Å². The molecule has 0 radical (unpaired) electrons. The number of aryl methyl sites for hydroxylation is 1. The van der Waals surface area contributed by atoms with Crippen molar-refractivity contribution in [2.24, 2.45) is 0 Å². The summed E-state index contributed by atoms with van der Waals surface area (Å²) in [5.41, 5.74) is 2.38. The second-order valence-corrected chi connectivity index (χ2v) is 9.31. The van der Waals surface area contributed by atoms with Crippen LogP contribution < -0.4 is 0 Å². The topological polar surface area (TPSA) is 63.2 Å². The second kappa shape index (κ2) is 6.42. The summed E-state index contributed by atoms with van der Waals surface area (Å²) < 4.78 is 28.6. The molecular weight excluding hydrogens is 366 g/mol. The minimum absolute atomic E-state index is 0.221. The molecule has 0 spiro atoms. The zero-order valence-electron chi connectivity index (χ0n) is 14.4. The van der Waals surface area contributed by atoms with Crippen LogP contribution in [0, 0.1) is 6.92 Å². The molecule has 2 heterocycles. The number of hydrogen-bond donors (Lipinski definition) is 0. The van der Waals surface area contributed by atoms with Crippen LogP contribution in [0.3, 0.4) is 0 Å². The molecule has 0 saturated carbocycles. The van der Waals surface area contributed by atoms with Crippen LogP contribution in [0.1, 0.15) is 10.6 Å². The van der Waals surface area contributed by atoms with Crippen LogP contribution >= 0.6 is 11.3 Å². The van der Waals surface area contributed by atoms with E-state index in [0.29, 0.717) is 5.52 Å². The Bertz CT molecular complexity index is 1180. The van der Waals surface area contributed by atoms with E-state index in [4.69, 9.17) is 0 Å². The summed E-state index contributed by atoms with van der Waals surface area (Å²) >= 11 is 1.51. The lowest BCUT2D eigenvalue weighted by Crippen LogP contribution is -2.26. The molecule has 5 nitrogen and oxygen atoms in total. The minimum Gasteiger partial charge on any atom is -0.255 e. The van der Waals surface area contributed by atoms with Gasteiger partial charge in [0.1, 0.15) is 9.90 Å². The molecule has 2 aromatic carbocycles. The Labute approximate surface area is 156 Å². The summed E-state index contributed by atoms with van der Waals surface area (Å²) in [6, 6.07) is 15.0. The fourth-order valence-corrected chi connectivity index (χ4v) is 5.28. The molecule has 7 heteroatoms. The van der Waals surface area contributed by atoms with Gasteiger partial charge in [-0.2, -0.15) is 4.31 Å². The third kappa shape index (κ3) is 2.98. The van der Waals surface area contributed by atoms with E-state index in [1.807, 2.05) is 43.3 Å². The number of fused-ring (bicyclic) bond motifs is 2. The summed E-state index contributed by atoms with van der Waals surface area (Å²) in [6.07, 6.45) is 1.69. The molecule has 0 aliphatic rings. The van der Waals surface area contributed by atoms with Crippen LogP contribution in [0.5, 0.6) is 0 Å². The predicted molar refractivity (Wildman–Crippen MR) is 105 cm³/mol. The van der Waals surface area contributed by atoms with Crippen LogP contribution in [-0.2, 0) is 16.6 Å². The average Bonchev–Trinajstić information content (AvgIpc) is 3.03. The van der Waals surface area contributed by atoms with Crippen LogP contribution in [0.4, 0.5) is 0 Å². The monoisotopic (exact) mass is 383 g/mol. The Morgan fingerprint density at radius 3 is 2.73 bits per heavy atom. The molecule has 0 unspecified atom stereocenters. The third-order valence-corrected chi connectivity index (χ3v) is 7.05. The van der Waals surface area contributed by atoms with Gasteiger partial charge in [-0.05, 0) is 36.8 Å². The fourth-order valence-electron chi connectivity index (χ4n) is 2.88. The first kappa shape index (κ1) is 17.1. The number of sulfonamides is 1. The molecule has 132 valence electrons. The van der Waals surface area contributed by atoms with Gasteiger partial charge >= 0.3 is 0 Å². The van der Waals surface area contributed by atoms with Gasteiger partial charge < -0.3 is 0 Å². The summed E-state index contributed by atoms with van der Waals surface area (Å²) in [5.74, 6) is 0. The normalized spacial score (nSPS) is 12.3. The lowest BCUT2D eigenvalue weighted by atomic mass is 10.2. The smallest absolute Gasteiger partial charge is 0.245 e. The Morgan fingerprint density at radius 2 is 1.92 bits per heavy atom. The SMILES string of the molecule is Cc1cnc2c(S(=O)(=O)N(C)Cc3nc4ccccc4s3)cccc2c1. The number of aromatic nitrogens is 2. The van der Waals surface area contributed by atoms with E-state index in [2.05, 4.69) is 9.97 Å². The molecule has 2 aromatic heterocycles. The van der Waals surface area contributed by atoms with Crippen molar-refractivity contribution >= 4 is 42.5 Å². The molecule has 0 saturated heterocycles. The zero-order chi connectivity index (χ0) is 18.3. The maximum Gasteiger partial charge on any atom is 0.245 e. The van der Waals surface area contributed by atoms with Crippen molar-refractivity contribution in [3.63, 3.8) is 0 Å². The van der Waals surface area contributed by atoms with Gasteiger partial charge in [-0.1, -0.05) is 24.3 Å². The maximum absolute atomic E-state index is 13.1. The number of para-hydroxylation sites is 2. The highest BCUT2D eigenvalue weighted by molar-refractivity contribution is 7.89. The van der Waals surface area contributed by atoms with Crippen molar-refractivity contribution in [2.75, 3.05) is 7.05 Å². The van der Waals surface area contributed by atoms with Crippen molar-refractivity contribution in [1.82, 2.24) is 14.3 Å². The lowest BCUT2D eigenvalue weighted by molar-refractivity contribution is 0.467. The lowest BCUT2D eigenvalue weighted by Gasteiger charge is -2.17. The first-order valence-corrected chi connectivity index (χ1v) is 10.4. The molecule has 0 bridgehead atoms. The van der Waals surface area contributed by atoms with E-state index in [-0.39, 0.29) is 11.4 Å². The van der Waals surface area contributed by atoms with Gasteiger partial charge in [0.2, 0.25) is 10.0 Å². The fraction of sp³-hybridized carbons (Fsp3) is 0.158. The number of nitrogens with zero attached hydrogens (tertiary/aromatic N) is 3. The van der Waals surface area contributed by atoms with Crippen LogP contribution in [-0.4, -0.2) is 29.7 Å². The standard InChI is InChI=1S/C19H17N3O2S2/c1-13-10-14-6-5-9-17(19(14)20-11-13)26(23,24)22(2)12-18-21-15-7-3-4-8-16(15)25-18/h3-11H,12H2,1-2H3. The van der Waals surface area contributed by atoms with E-state index in [9.17, 15) is 8.42 Å². The molecule has 0 atom stereocenters. The number of rotatable bonds is 4. The van der Waals surface area contributed by atoms with E-state index >= 15 is 0 Å². The molecule has 0 aliphatic carbocycles. The van der Waals surface area contributed by atoms with Crippen molar-refractivity contribution in [3.8, 4) is 0 Å². The summed E-state index contributed by atoms with van der Waals surface area (Å²) in [6.45, 7) is 2.16. The van der Waals surface area contributed by atoms with Crippen LogP contribution in [0.25, 0.3) is 21.1 Å². The number of thiazole rings is 1. The highest BCUT2D eigenvalue weighted by Crippen LogP contribution is 2.27. The van der Waals surface area contributed by atoms with Gasteiger partial charge in [-0.25, -0.2) is 13.4 Å². The van der Waals surface area contributed by atoms with Gasteiger partial charge in [0.25, 0.3) is 0 Å². The molecule has 0 N–H and O–H groups in total. The van der Waals surface area contributed by atoms with E-state index in [0.717, 1.165) is 26.2 Å². The Balaban J connectivity index is 1.72. The largest absolute Gasteiger partial charge is 0.255 e. The van der Waals surface area contributed by atoms with Gasteiger partial charge in [-0.15, -0.1) is 11.3 Å². The molecule has 0 amide bonds. The maximum atomic E-state index is 13.1. The molecule has 4 rings (SSSR count). The van der Waals surface area contributed by atoms with Gasteiger partial charge in [0.15, 0.2) is 0 Å². The summed E-state index contributed by atoms with van der Waals surface area (Å²) in [5, 5.41) is 1.58. The first-order valence-electron chi connectivity index (χ1n) is 8.11. The number of pyridine rings is 1. The van der Waals surface area contributed by atoms with Gasteiger partial charge in [0.05, 0.1) is 22.3 Å². The quantitative estimate of drug-likeness (QED) is 0.535. The Hall–Kier alpha value is -2.35. The van der Waals surface area contributed by atoms with Gasteiger partial charge in [0, 0.05) is 18.6 Å². The van der Waals surface area contributed by atoms with Gasteiger partial charge in [-0.3, -0.25) is 4.98 Å². The molecular formula is C19H17N3O2S2. The molecule has 0 aliphatic heterocycles. The van der Waals surface area contributed by atoms with Crippen LogP contribution in [0.15, 0.2) is 59.6 Å². The van der Waals surface area contributed by atoms with E-state index in [1.54, 1.807) is 25.4 Å². The third-order valence-electron chi connectivity index (χ3n) is 4.19. The Kier molecular flexibility index (Phi) is 4.22. The first-order chi connectivity index (χ1) is 12.4. The number of hydrogen-bond acceptors (Lipinski definition) is 5. The summed E-state index contributed by atoms with van der Waals surface area (Å²) in [4.78, 5) is 9.10. The van der Waals surface area contributed by atoms with E-state index in [1.165, 1.54) is 15.6 Å². The minimum atomic E-state index is -3.68. The second-order valence-electron chi connectivity index (χ2n) is 6.18. The molecule has 26 heavy (non-hydrogen) atoms. The highest BCUT2D eigenvalue weighted by atomic mass is 32.2. The predicted octanol–water partition coefficient (Wildman–Crippen LogP) is 3.97. The Morgan fingerprint density at radius 1 is 1.12 bits per heavy atom. The van der Waals surface area contributed by atoms with E-state index < -0.39 is 10.0 Å². The molecule has 4 aromatic rings. The summed E-state index contributed by atoms with van der Waals surface area (Å²) in [7, 11) is -2.10.